The van der Waals surface area contributed by atoms with Crippen molar-refractivity contribution in [3.05, 3.63) is 0 Å². The Kier molecular flexibility index (Phi) is 3.89. The van der Waals surface area contributed by atoms with Crippen molar-refractivity contribution in [3.63, 3.8) is 0 Å². The lowest BCUT2D eigenvalue weighted by atomic mass is 10.0. The second-order valence-electron chi connectivity index (χ2n) is 4.37. The van der Waals surface area contributed by atoms with Gasteiger partial charge in [-0.2, -0.15) is 0 Å². The third-order valence-corrected chi connectivity index (χ3v) is 2.82. The first-order valence-corrected chi connectivity index (χ1v) is 5.17. The van der Waals surface area contributed by atoms with Crippen LogP contribution in [0.2, 0.25) is 0 Å². The fourth-order valence-corrected chi connectivity index (χ4v) is 1.96. The average molecular weight is 200 g/mol. The number of rotatable bonds is 3. The van der Waals surface area contributed by atoms with Gasteiger partial charge < -0.3 is 10.0 Å². The van der Waals surface area contributed by atoms with Gasteiger partial charge in [0.05, 0.1) is 0 Å². The molecular weight excluding hydrogens is 180 g/mol. The molecule has 1 atom stereocenters. The van der Waals surface area contributed by atoms with E-state index in [1.54, 1.807) is 0 Å². The Bertz CT molecular complexity index is 198. The highest BCUT2D eigenvalue weighted by molar-refractivity contribution is 5.73. The van der Waals surface area contributed by atoms with Crippen LogP contribution in [0.15, 0.2) is 0 Å². The molecule has 1 unspecified atom stereocenters. The Morgan fingerprint density at radius 3 is 2.07 bits per heavy atom. The lowest BCUT2D eigenvalue weighted by molar-refractivity contribution is -0.145. The molecule has 0 radical (unpaired) electrons. The highest BCUT2D eigenvalue weighted by Crippen LogP contribution is 2.13. The van der Waals surface area contributed by atoms with Gasteiger partial charge in [0.2, 0.25) is 0 Å². The van der Waals surface area contributed by atoms with Crippen molar-refractivity contribution >= 4 is 5.97 Å². The number of piperazine rings is 1. The van der Waals surface area contributed by atoms with Crippen molar-refractivity contribution < 1.29 is 9.90 Å². The molecule has 0 aromatic heterocycles. The molecule has 14 heavy (non-hydrogen) atoms. The van der Waals surface area contributed by atoms with Gasteiger partial charge in [0.1, 0.15) is 6.04 Å². The van der Waals surface area contributed by atoms with E-state index in [0.717, 1.165) is 26.2 Å². The zero-order valence-electron chi connectivity index (χ0n) is 9.23. The van der Waals surface area contributed by atoms with Crippen LogP contribution in [0.1, 0.15) is 13.8 Å². The molecule has 0 amide bonds. The summed E-state index contributed by atoms with van der Waals surface area (Å²) in [5.74, 6) is -0.513. The summed E-state index contributed by atoms with van der Waals surface area (Å²) in [5, 5.41) is 9.11. The Hall–Kier alpha value is -0.610. The molecule has 1 fully saturated rings. The summed E-state index contributed by atoms with van der Waals surface area (Å²) < 4.78 is 0. The molecule has 82 valence electrons. The Balaban J connectivity index is 2.56. The maximum Gasteiger partial charge on any atom is 0.321 e. The van der Waals surface area contributed by atoms with E-state index in [9.17, 15) is 4.79 Å². The first-order valence-electron chi connectivity index (χ1n) is 5.17. The molecular formula is C10H20N2O2. The predicted molar refractivity (Wildman–Crippen MR) is 55.3 cm³/mol. The number of likely N-dealkylation sites (N-methyl/N-ethyl adjacent to an activating group) is 1. The van der Waals surface area contributed by atoms with Crippen LogP contribution in [0, 0.1) is 5.92 Å². The van der Waals surface area contributed by atoms with Crippen molar-refractivity contribution in [3.8, 4) is 0 Å². The molecule has 1 N–H and O–H groups in total. The SMILES string of the molecule is CC(C)C(C(=O)O)N1CCN(C)CC1. The van der Waals surface area contributed by atoms with Gasteiger partial charge in [-0.15, -0.1) is 0 Å². The maximum absolute atomic E-state index is 11.1. The van der Waals surface area contributed by atoms with Crippen LogP contribution < -0.4 is 0 Å². The molecule has 1 saturated heterocycles. The summed E-state index contributed by atoms with van der Waals surface area (Å²) in [6, 6.07) is -0.316. The number of carboxylic acid groups (broad SMARTS) is 1. The molecule has 4 heteroatoms. The highest BCUT2D eigenvalue weighted by Gasteiger charge is 2.30. The molecule has 0 aliphatic carbocycles. The molecule has 0 bridgehead atoms. The van der Waals surface area contributed by atoms with E-state index in [4.69, 9.17) is 5.11 Å². The normalized spacial score (nSPS) is 22.6. The van der Waals surface area contributed by atoms with E-state index in [-0.39, 0.29) is 12.0 Å². The Morgan fingerprint density at radius 1 is 1.21 bits per heavy atom. The zero-order valence-corrected chi connectivity index (χ0v) is 9.23. The van der Waals surface area contributed by atoms with Crippen LogP contribution in [-0.4, -0.2) is 60.1 Å². The number of nitrogens with zero attached hydrogens (tertiary/aromatic N) is 2. The summed E-state index contributed by atoms with van der Waals surface area (Å²) in [6.45, 7) is 7.61. The van der Waals surface area contributed by atoms with Crippen LogP contribution in [0.25, 0.3) is 0 Å². The minimum Gasteiger partial charge on any atom is -0.480 e. The number of aliphatic carboxylic acids is 1. The van der Waals surface area contributed by atoms with E-state index in [0.29, 0.717) is 0 Å². The fraction of sp³-hybridized carbons (Fsp3) is 0.900. The Morgan fingerprint density at radius 2 is 1.71 bits per heavy atom. The predicted octanol–water partition coefficient (Wildman–Crippen LogP) is 0.343. The second-order valence-corrected chi connectivity index (χ2v) is 4.37. The Labute approximate surface area is 85.5 Å². The summed E-state index contributed by atoms with van der Waals surface area (Å²) in [6.07, 6.45) is 0. The van der Waals surface area contributed by atoms with Gasteiger partial charge >= 0.3 is 5.97 Å². The maximum atomic E-state index is 11.1. The second kappa shape index (κ2) is 4.75. The standard InChI is InChI=1S/C10H20N2O2/c1-8(2)9(10(13)14)12-6-4-11(3)5-7-12/h8-9H,4-7H2,1-3H3,(H,13,14). The molecule has 0 spiro atoms. The van der Waals surface area contributed by atoms with Crippen LogP contribution in [0.5, 0.6) is 0 Å². The van der Waals surface area contributed by atoms with E-state index >= 15 is 0 Å². The van der Waals surface area contributed by atoms with Crippen LogP contribution >= 0.6 is 0 Å². The van der Waals surface area contributed by atoms with Gasteiger partial charge in [0.15, 0.2) is 0 Å². The van der Waals surface area contributed by atoms with Crippen molar-refractivity contribution in [1.82, 2.24) is 9.80 Å². The summed E-state index contributed by atoms with van der Waals surface area (Å²) in [7, 11) is 2.07. The van der Waals surface area contributed by atoms with Gasteiger partial charge in [-0.05, 0) is 13.0 Å². The largest absolute Gasteiger partial charge is 0.480 e. The molecule has 1 aliphatic heterocycles. The molecule has 1 aliphatic rings. The minimum atomic E-state index is -0.690. The summed E-state index contributed by atoms with van der Waals surface area (Å²) in [5.41, 5.74) is 0. The summed E-state index contributed by atoms with van der Waals surface area (Å²) >= 11 is 0. The molecule has 0 aromatic carbocycles. The average Bonchev–Trinajstić information content (AvgIpc) is 2.07. The highest BCUT2D eigenvalue weighted by atomic mass is 16.4. The zero-order chi connectivity index (χ0) is 10.7. The van der Waals surface area contributed by atoms with E-state index in [1.807, 2.05) is 13.8 Å². The molecule has 4 nitrogen and oxygen atoms in total. The number of hydrogen-bond acceptors (Lipinski definition) is 3. The summed E-state index contributed by atoms with van der Waals surface area (Å²) in [4.78, 5) is 15.4. The molecule has 0 aromatic rings. The van der Waals surface area contributed by atoms with Crippen molar-refractivity contribution in [2.45, 2.75) is 19.9 Å². The van der Waals surface area contributed by atoms with Crippen molar-refractivity contribution in [1.29, 1.82) is 0 Å². The number of carbonyl (C=O) groups is 1. The fourth-order valence-electron chi connectivity index (χ4n) is 1.96. The molecule has 1 rings (SSSR count). The minimum absolute atomic E-state index is 0.177. The van der Waals surface area contributed by atoms with Crippen LogP contribution in [-0.2, 0) is 4.79 Å². The van der Waals surface area contributed by atoms with Crippen molar-refractivity contribution in [2.24, 2.45) is 5.92 Å². The third kappa shape index (κ3) is 2.69. The topological polar surface area (TPSA) is 43.8 Å². The molecule has 1 heterocycles. The third-order valence-electron chi connectivity index (χ3n) is 2.82. The lowest BCUT2D eigenvalue weighted by Gasteiger charge is -2.37. The lowest BCUT2D eigenvalue weighted by Crippen LogP contribution is -2.53. The first-order chi connectivity index (χ1) is 6.52. The number of hydrogen-bond donors (Lipinski definition) is 1. The van der Waals surface area contributed by atoms with E-state index in [2.05, 4.69) is 16.8 Å². The quantitative estimate of drug-likeness (QED) is 0.713. The van der Waals surface area contributed by atoms with E-state index < -0.39 is 5.97 Å². The monoisotopic (exact) mass is 200 g/mol. The first kappa shape index (κ1) is 11.5. The van der Waals surface area contributed by atoms with Gasteiger partial charge in [0, 0.05) is 26.2 Å². The molecule has 0 saturated carbocycles. The van der Waals surface area contributed by atoms with Gasteiger partial charge in [-0.25, -0.2) is 0 Å². The van der Waals surface area contributed by atoms with Crippen LogP contribution in [0.3, 0.4) is 0 Å². The van der Waals surface area contributed by atoms with Gasteiger partial charge in [-0.3, -0.25) is 9.69 Å². The van der Waals surface area contributed by atoms with Crippen LogP contribution in [0.4, 0.5) is 0 Å². The van der Waals surface area contributed by atoms with Gasteiger partial charge in [-0.1, -0.05) is 13.8 Å². The number of carboxylic acids is 1. The van der Waals surface area contributed by atoms with Crippen molar-refractivity contribution in [2.75, 3.05) is 33.2 Å². The van der Waals surface area contributed by atoms with E-state index in [1.165, 1.54) is 0 Å². The van der Waals surface area contributed by atoms with Gasteiger partial charge in [0.25, 0.3) is 0 Å². The smallest absolute Gasteiger partial charge is 0.321 e.